The number of hydrogen-bond acceptors (Lipinski definition) is 2. The molecule has 0 saturated carbocycles. The van der Waals surface area contributed by atoms with Crippen molar-refractivity contribution in [2.24, 2.45) is 0 Å². The van der Waals surface area contributed by atoms with Gasteiger partial charge in [0.2, 0.25) is 0 Å². The number of ether oxygens (including phenoxy) is 2. The number of hydrogen-bond donors (Lipinski definition) is 0. The van der Waals surface area contributed by atoms with Crippen LogP contribution in [0.5, 0.6) is 17.2 Å². The molecule has 0 aromatic heterocycles. The van der Waals surface area contributed by atoms with Crippen LogP contribution in [0.1, 0.15) is 37.8 Å². The molecule has 31 heavy (non-hydrogen) atoms. The van der Waals surface area contributed by atoms with Crippen LogP contribution in [-0.4, -0.2) is 6.61 Å². The second kappa shape index (κ2) is 10.4. The van der Waals surface area contributed by atoms with Gasteiger partial charge in [0.25, 0.3) is 0 Å². The van der Waals surface area contributed by atoms with Gasteiger partial charge in [-0.15, -0.1) is 6.42 Å². The van der Waals surface area contributed by atoms with E-state index in [1.807, 2.05) is 43.3 Å². The molecule has 1 unspecified atom stereocenters. The zero-order valence-corrected chi connectivity index (χ0v) is 18.6. The molecule has 0 amide bonds. The molecule has 0 heterocycles. The maximum absolute atomic E-state index is 13.1. The van der Waals surface area contributed by atoms with Gasteiger partial charge >= 0.3 is 0 Å². The predicted molar refractivity (Wildman–Crippen MR) is 125 cm³/mol. The van der Waals surface area contributed by atoms with E-state index in [2.05, 4.69) is 18.9 Å². The van der Waals surface area contributed by atoms with Crippen molar-refractivity contribution in [1.29, 1.82) is 0 Å². The van der Waals surface area contributed by atoms with E-state index in [4.69, 9.17) is 27.5 Å². The van der Waals surface area contributed by atoms with Gasteiger partial charge in [-0.1, -0.05) is 35.7 Å². The SMILES string of the molecule is C#CC(C)(CCCc1cccc(Oc2ccc(F)cc2)c1)c1ccc(OCC)c(Cl)c1. The van der Waals surface area contributed by atoms with E-state index >= 15 is 0 Å². The third-order valence-corrected chi connectivity index (χ3v) is 5.57. The summed E-state index contributed by atoms with van der Waals surface area (Å²) in [5, 5.41) is 0.575. The highest BCUT2D eigenvalue weighted by Gasteiger charge is 2.24. The zero-order valence-electron chi connectivity index (χ0n) is 17.8. The Hall–Kier alpha value is -2.96. The summed E-state index contributed by atoms with van der Waals surface area (Å²) in [7, 11) is 0. The van der Waals surface area contributed by atoms with Gasteiger partial charge in [0.1, 0.15) is 23.1 Å². The number of benzene rings is 3. The Balaban J connectivity index is 1.63. The number of halogens is 2. The second-order valence-electron chi connectivity index (χ2n) is 7.61. The van der Waals surface area contributed by atoms with E-state index in [-0.39, 0.29) is 5.82 Å². The van der Waals surface area contributed by atoms with Gasteiger partial charge in [-0.25, -0.2) is 4.39 Å². The van der Waals surface area contributed by atoms with Crippen LogP contribution < -0.4 is 9.47 Å². The van der Waals surface area contributed by atoms with Gasteiger partial charge in [0, 0.05) is 0 Å². The molecular formula is C27H26ClFO2. The molecule has 0 bridgehead atoms. The fourth-order valence-corrected chi connectivity index (χ4v) is 3.70. The fourth-order valence-electron chi connectivity index (χ4n) is 3.47. The van der Waals surface area contributed by atoms with E-state index in [0.29, 0.717) is 23.1 Å². The molecule has 0 spiro atoms. The van der Waals surface area contributed by atoms with Crippen LogP contribution >= 0.6 is 11.6 Å². The summed E-state index contributed by atoms with van der Waals surface area (Å²) in [6.07, 6.45) is 8.50. The molecule has 0 N–H and O–H groups in total. The third-order valence-electron chi connectivity index (χ3n) is 5.28. The van der Waals surface area contributed by atoms with Crippen molar-refractivity contribution >= 4 is 11.6 Å². The Morgan fingerprint density at radius 2 is 1.81 bits per heavy atom. The lowest BCUT2D eigenvalue weighted by molar-refractivity contribution is 0.340. The van der Waals surface area contributed by atoms with Crippen LogP contribution in [0.3, 0.4) is 0 Å². The molecule has 3 aromatic rings. The molecule has 0 saturated heterocycles. The number of rotatable bonds is 9. The largest absolute Gasteiger partial charge is 0.492 e. The highest BCUT2D eigenvalue weighted by atomic mass is 35.5. The van der Waals surface area contributed by atoms with Crippen LogP contribution in [-0.2, 0) is 11.8 Å². The first-order chi connectivity index (χ1) is 14.9. The molecule has 0 aliphatic carbocycles. The van der Waals surface area contributed by atoms with Crippen LogP contribution in [0.2, 0.25) is 5.02 Å². The molecule has 0 aliphatic heterocycles. The quantitative estimate of drug-likeness (QED) is 0.322. The molecular weight excluding hydrogens is 411 g/mol. The lowest BCUT2D eigenvalue weighted by Gasteiger charge is -2.25. The summed E-state index contributed by atoms with van der Waals surface area (Å²) < 4.78 is 24.4. The highest BCUT2D eigenvalue weighted by molar-refractivity contribution is 6.32. The highest BCUT2D eigenvalue weighted by Crippen LogP contribution is 2.34. The van der Waals surface area contributed by atoms with Gasteiger partial charge in [-0.05, 0) is 92.8 Å². The molecule has 1 atom stereocenters. The first-order valence-electron chi connectivity index (χ1n) is 10.4. The summed E-state index contributed by atoms with van der Waals surface area (Å²) in [5.74, 6) is 4.67. The minimum Gasteiger partial charge on any atom is -0.492 e. The van der Waals surface area contributed by atoms with Crippen molar-refractivity contribution in [2.75, 3.05) is 6.61 Å². The average molecular weight is 437 g/mol. The van der Waals surface area contributed by atoms with Crippen LogP contribution in [0.25, 0.3) is 0 Å². The number of aryl methyl sites for hydroxylation is 1. The van der Waals surface area contributed by atoms with Crippen molar-refractivity contribution in [3.63, 3.8) is 0 Å². The summed E-state index contributed by atoms with van der Waals surface area (Å²) in [6.45, 7) is 4.55. The van der Waals surface area contributed by atoms with Crippen molar-refractivity contribution in [3.05, 3.63) is 88.7 Å². The van der Waals surface area contributed by atoms with E-state index in [1.165, 1.54) is 12.1 Å². The standard InChI is InChI=1S/C27H26ClFO2/c1-4-27(3,21-11-16-26(30-5-2)25(28)19-21)17-7-9-20-8-6-10-24(18-20)31-23-14-12-22(29)13-15-23/h1,6,8,10-16,18-19H,5,7,9,17H2,2-3H3. The maximum atomic E-state index is 13.1. The normalized spacial score (nSPS) is 12.6. The van der Waals surface area contributed by atoms with Crippen LogP contribution in [0.4, 0.5) is 4.39 Å². The topological polar surface area (TPSA) is 18.5 Å². The first-order valence-corrected chi connectivity index (χ1v) is 10.7. The van der Waals surface area contributed by atoms with Gasteiger partial charge < -0.3 is 9.47 Å². The molecule has 4 heteroatoms. The fraction of sp³-hybridized carbons (Fsp3) is 0.259. The average Bonchev–Trinajstić information content (AvgIpc) is 2.77. The van der Waals surface area contributed by atoms with Crippen molar-refractivity contribution in [2.45, 2.75) is 38.5 Å². The van der Waals surface area contributed by atoms with Gasteiger partial charge in [0.05, 0.1) is 17.0 Å². The summed E-state index contributed by atoms with van der Waals surface area (Å²) in [5.41, 5.74) is 1.75. The van der Waals surface area contributed by atoms with Gasteiger partial charge in [0.15, 0.2) is 0 Å². The van der Waals surface area contributed by atoms with E-state index in [9.17, 15) is 4.39 Å². The monoisotopic (exact) mass is 436 g/mol. The zero-order chi connectivity index (χ0) is 22.3. The van der Waals surface area contributed by atoms with E-state index < -0.39 is 5.41 Å². The summed E-state index contributed by atoms with van der Waals surface area (Å²) in [4.78, 5) is 0. The lowest BCUT2D eigenvalue weighted by atomic mass is 9.78. The smallest absolute Gasteiger partial charge is 0.137 e. The Kier molecular flexibility index (Phi) is 7.60. The minimum absolute atomic E-state index is 0.286. The molecule has 0 aliphatic rings. The Bertz CT molecular complexity index is 1060. The first kappa shape index (κ1) is 22.7. The van der Waals surface area contributed by atoms with Crippen molar-refractivity contribution < 1.29 is 13.9 Å². The van der Waals surface area contributed by atoms with E-state index in [1.54, 1.807) is 12.1 Å². The summed E-state index contributed by atoms with van der Waals surface area (Å²) >= 11 is 6.37. The molecule has 3 aromatic carbocycles. The molecule has 3 rings (SSSR count). The summed E-state index contributed by atoms with van der Waals surface area (Å²) in [6, 6.07) is 19.7. The van der Waals surface area contributed by atoms with Gasteiger partial charge in [-0.3, -0.25) is 0 Å². The van der Waals surface area contributed by atoms with Crippen molar-refractivity contribution in [3.8, 4) is 29.6 Å². The second-order valence-corrected chi connectivity index (χ2v) is 8.02. The Labute approximate surface area is 189 Å². The number of terminal acetylenes is 1. The van der Waals surface area contributed by atoms with Crippen molar-refractivity contribution in [1.82, 2.24) is 0 Å². The Morgan fingerprint density at radius 3 is 2.48 bits per heavy atom. The van der Waals surface area contributed by atoms with Crippen LogP contribution in [0.15, 0.2) is 66.7 Å². The molecule has 160 valence electrons. The van der Waals surface area contributed by atoms with E-state index in [0.717, 1.165) is 36.1 Å². The third kappa shape index (κ3) is 6.03. The minimum atomic E-state index is -0.420. The van der Waals surface area contributed by atoms with Crippen LogP contribution in [0, 0.1) is 18.2 Å². The maximum Gasteiger partial charge on any atom is 0.137 e. The predicted octanol–water partition coefficient (Wildman–Crippen LogP) is 7.58. The van der Waals surface area contributed by atoms with Gasteiger partial charge in [-0.2, -0.15) is 0 Å². The Morgan fingerprint density at radius 1 is 1.03 bits per heavy atom. The molecule has 2 nitrogen and oxygen atoms in total. The molecule has 0 radical (unpaired) electrons. The lowest BCUT2D eigenvalue weighted by Crippen LogP contribution is -2.19. The molecule has 0 fully saturated rings.